The molecule has 1 aliphatic rings. The number of amidine groups is 1. The smallest absolute Gasteiger partial charge is 0.172 e. The molecule has 0 aliphatic carbocycles. The number of nitrogens with zero attached hydrogens (tertiary/aromatic N) is 2. The Labute approximate surface area is 122 Å². The van der Waals surface area contributed by atoms with E-state index in [0.717, 1.165) is 34.7 Å². The van der Waals surface area contributed by atoms with Crippen molar-refractivity contribution in [3.05, 3.63) is 28.2 Å². The quantitative estimate of drug-likeness (QED) is 0.380. The van der Waals surface area contributed by atoms with Crippen LogP contribution in [0.1, 0.15) is 25.8 Å². The summed E-state index contributed by atoms with van der Waals surface area (Å²) < 4.78 is 1.00. The van der Waals surface area contributed by atoms with E-state index in [1.807, 2.05) is 18.2 Å². The average Bonchev–Trinajstić information content (AvgIpc) is 2.41. The maximum absolute atomic E-state index is 8.91. The molecule has 2 rings (SSSR count). The molecular weight excluding hydrogens is 306 g/mol. The Morgan fingerprint density at radius 3 is 2.79 bits per heavy atom. The molecule has 3 N–H and O–H groups in total. The fourth-order valence-corrected chi connectivity index (χ4v) is 2.87. The van der Waals surface area contributed by atoms with Crippen molar-refractivity contribution in [2.24, 2.45) is 22.7 Å². The minimum atomic E-state index is 0.161. The molecule has 1 fully saturated rings. The molecule has 104 valence electrons. The Balaban J connectivity index is 2.35. The second-order valence-electron chi connectivity index (χ2n) is 5.34. The molecule has 4 nitrogen and oxygen atoms in total. The van der Waals surface area contributed by atoms with Gasteiger partial charge in [-0.3, -0.25) is 0 Å². The molecule has 0 bridgehead atoms. The molecule has 1 aromatic rings. The fraction of sp³-hybridized carbons (Fsp3) is 0.500. The molecule has 1 aliphatic heterocycles. The van der Waals surface area contributed by atoms with Crippen LogP contribution in [0, 0.1) is 11.8 Å². The lowest BCUT2D eigenvalue weighted by Gasteiger charge is -2.37. The van der Waals surface area contributed by atoms with Gasteiger partial charge >= 0.3 is 0 Å². The lowest BCUT2D eigenvalue weighted by atomic mass is 9.88. The van der Waals surface area contributed by atoms with Crippen LogP contribution in [0.2, 0.25) is 0 Å². The Kier molecular flexibility index (Phi) is 4.34. The van der Waals surface area contributed by atoms with Crippen molar-refractivity contribution in [1.29, 1.82) is 0 Å². The van der Waals surface area contributed by atoms with Crippen LogP contribution in [0.15, 0.2) is 27.8 Å². The van der Waals surface area contributed by atoms with Crippen molar-refractivity contribution in [3.63, 3.8) is 0 Å². The lowest BCUT2D eigenvalue weighted by Crippen LogP contribution is -2.39. The summed E-state index contributed by atoms with van der Waals surface area (Å²) in [6.07, 6.45) is 1.17. The zero-order valence-corrected chi connectivity index (χ0v) is 12.9. The van der Waals surface area contributed by atoms with E-state index in [2.05, 4.69) is 39.8 Å². The molecule has 0 saturated carbocycles. The van der Waals surface area contributed by atoms with Crippen LogP contribution in [0.5, 0.6) is 0 Å². The lowest BCUT2D eigenvalue weighted by molar-refractivity contribution is 0.318. The predicted molar refractivity (Wildman–Crippen MR) is 81.8 cm³/mol. The van der Waals surface area contributed by atoms with Crippen molar-refractivity contribution in [2.75, 3.05) is 18.0 Å². The molecule has 5 heteroatoms. The zero-order chi connectivity index (χ0) is 14.0. The van der Waals surface area contributed by atoms with E-state index in [9.17, 15) is 0 Å². The summed E-state index contributed by atoms with van der Waals surface area (Å²) in [6.45, 7) is 6.59. The summed E-state index contributed by atoms with van der Waals surface area (Å²) in [5, 5.41) is 12.0. The van der Waals surface area contributed by atoms with Crippen LogP contribution in [0.3, 0.4) is 0 Å². The highest BCUT2D eigenvalue weighted by Crippen LogP contribution is 2.31. The highest BCUT2D eigenvalue weighted by atomic mass is 79.9. The normalized spacial score (nSPS) is 24.6. The third-order valence-electron chi connectivity index (χ3n) is 4.02. The van der Waals surface area contributed by atoms with Crippen molar-refractivity contribution >= 4 is 27.5 Å². The maximum atomic E-state index is 8.91. The molecule has 0 amide bonds. The fourth-order valence-electron chi connectivity index (χ4n) is 2.52. The minimum absolute atomic E-state index is 0.161. The van der Waals surface area contributed by atoms with Crippen LogP contribution >= 0.6 is 15.9 Å². The Morgan fingerprint density at radius 1 is 1.42 bits per heavy atom. The maximum Gasteiger partial charge on any atom is 0.172 e. The van der Waals surface area contributed by atoms with E-state index in [0.29, 0.717) is 5.92 Å². The minimum Gasteiger partial charge on any atom is -0.409 e. The number of halogens is 1. The molecular formula is C14H20BrN3O. The summed E-state index contributed by atoms with van der Waals surface area (Å²) in [5.41, 5.74) is 7.59. The number of benzene rings is 1. The SMILES string of the molecule is CC1CCN(c2cc(Br)ccc2/C(N)=N/O)CC1C. The number of rotatable bonds is 2. The van der Waals surface area contributed by atoms with E-state index in [1.165, 1.54) is 6.42 Å². The molecule has 1 heterocycles. The number of hydrogen-bond donors (Lipinski definition) is 2. The first-order chi connectivity index (χ1) is 9.02. The van der Waals surface area contributed by atoms with Crippen molar-refractivity contribution in [2.45, 2.75) is 20.3 Å². The van der Waals surface area contributed by atoms with Crippen LogP contribution < -0.4 is 10.6 Å². The Bertz CT molecular complexity index is 490. The van der Waals surface area contributed by atoms with Gasteiger partial charge in [0.1, 0.15) is 0 Å². The predicted octanol–water partition coefficient (Wildman–Crippen LogP) is 3.03. The highest BCUT2D eigenvalue weighted by molar-refractivity contribution is 9.10. The molecule has 2 atom stereocenters. The van der Waals surface area contributed by atoms with Crippen molar-refractivity contribution < 1.29 is 5.21 Å². The van der Waals surface area contributed by atoms with Gasteiger partial charge in [0, 0.05) is 28.8 Å². The third-order valence-corrected chi connectivity index (χ3v) is 4.51. The van der Waals surface area contributed by atoms with Gasteiger partial charge in [-0.25, -0.2) is 0 Å². The molecule has 19 heavy (non-hydrogen) atoms. The van der Waals surface area contributed by atoms with Gasteiger partial charge in [-0.2, -0.15) is 0 Å². The topological polar surface area (TPSA) is 61.8 Å². The van der Waals surface area contributed by atoms with Crippen molar-refractivity contribution in [1.82, 2.24) is 0 Å². The second-order valence-corrected chi connectivity index (χ2v) is 6.25. The van der Waals surface area contributed by atoms with Gasteiger partial charge in [0.05, 0.1) is 0 Å². The van der Waals surface area contributed by atoms with E-state index >= 15 is 0 Å². The second kappa shape index (κ2) is 5.82. The largest absolute Gasteiger partial charge is 0.409 e. The number of piperidine rings is 1. The highest BCUT2D eigenvalue weighted by Gasteiger charge is 2.25. The first-order valence-electron chi connectivity index (χ1n) is 6.55. The van der Waals surface area contributed by atoms with E-state index in [4.69, 9.17) is 10.9 Å². The summed E-state index contributed by atoms with van der Waals surface area (Å²) in [5.74, 6) is 1.55. The van der Waals surface area contributed by atoms with Gasteiger partial charge in [-0.05, 0) is 36.5 Å². The molecule has 2 unspecified atom stereocenters. The van der Waals surface area contributed by atoms with E-state index in [-0.39, 0.29) is 5.84 Å². The van der Waals surface area contributed by atoms with Gasteiger partial charge in [0.25, 0.3) is 0 Å². The van der Waals surface area contributed by atoms with Crippen LogP contribution in [0.4, 0.5) is 5.69 Å². The summed E-state index contributed by atoms with van der Waals surface area (Å²) in [4.78, 5) is 2.32. The first kappa shape index (κ1) is 14.2. The van der Waals surface area contributed by atoms with Crippen LogP contribution in [0.25, 0.3) is 0 Å². The van der Waals surface area contributed by atoms with E-state index in [1.54, 1.807) is 0 Å². The number of nitrogens with two attached hydrogens (primary N) is 1. The van der Waals surface area contributed by atoms with Crippen LogP contribution in [-0.2, 0) is 0 Å². The Hall–Kier alpha value is -1.23. The number of hydrogen-bond acceptors (Lipinski definition) is 3. The number of anilines is 1. The van der Waals surface area contributed by atoms with Crippen LogP contribution in [-0.4, -0.2) is 24.1 Å². The standard InChI is InChI=1S/C14H20BrN3O/c1-9-5-6-18(8-10(9)2)13-7-11(15)3-4-12(13)14(16)17-19/h3-4,7,9-10,19H,5-6,8H2,1-2H3,(H2,16,17). The molecule has 0 radical (unpaired) electrons. The van der Waals surface area contributed by atoms with Gasteiger partial charge in [-0.1, -0.05) is 34.9 Å². The van der Waals surface area contributed by atoms with E-state index < -0.39 is 0 Å². The summed E-state index contributed by atoms with van der Waals surface area (Å²) >= 11 is 3.49. The summed E-state index contributed by atoms with van der Waals surface area (Å²) in [6, 6.07) is 5.83. The monoisotopic (exact) mass is 325 g/mol. The van der Waals surface area contributed by atoms with Gasteiger partial charge in [-0.15, -0.1) is 0 Å². The van der Waals surface area contributed by atoms with Gasteiger partial charge in [0.2, 0.25) is 0 Å². The average molecular weight is 326 g/mol. The van der Waals surface area contributed by atoms with Crippen molar-refractivity contribution in [3.8, 4) is 0 Å². The molecule has 0 aromatic heterocycles. The van der Waals surface area contributed by atoms with Gasteiger partial charge < -0.3 is 15.8 Å². The number of oxime groups is 1. The molecule has 1 aromatic carbocycles. The zero-order valence-electron chi connectivity index (χ0n) is 11.3. The first-order valence-corrected chi connectivity index (χ1v) is 7.34. The van der Waals surface area contributed by atoms with Gasteiger partial charge in [0.15, 0.2) is 5.84 Å². The molecule has 0 spiro atoms. The molecule has 1 saturated heterocycles. The summed E-state index contributed by atoms with van der Waals surface area (Å²) in [7, 11) is 0. The Morgan fingerprint density at radius 2 is 2.16 bits per heavy atom. The third kappa shape index (κ3) is 3.03.